The maximum Gasteiger partial charge on any atom is 0.228 e. The lowest BCUT2D eigenvalue weighted by atomic mass is 10.4. The van der Waals surface area contributed by atoms with Crippen LogP contribution in [0.2, 0.25) is 0 Å². The summed E-state index contributed by atoms with van der Waals surface area (Å²) in [6.45, 7) is 7.31. The molecule has 1 N–H and O–H groups in total. The molecule has 1 amide bonds. The van der Waals surface area contributed by atoms with Crippen molar-refractivity contribution in [2.24, 2.45) is 0 Å². The highest BCUT2D eigenvalue weighted by Crippen LogP contribution is 1.75. The Hall–Kier alpha value is -1.05. The molecule has 0 saturated heterocycles. The molecular formula is C7H10NO. The van der Waals surface area contributed by atoms with E-state index in [9.17, 15) is 4.79 Å². The van der Waals surface area contributed by atoms with Gasteiger partial charge in [-0.2, -0.15) is 0 Å². The second-order valence-corrected chi connectivity index (χ2v) is 1.44. The summed E-state index contributed by atoms with van der Waals surface area (Å²) in [5, 5.41) is 2.55. The lowest BCUT2D eigenvalue weighted by Gasteiger charge is -1.95. The average molecular weight is 124 g/mol. The smallest absolute Gasteiger partial charge is 0.228 e. The first-order valence-corrected chi connectivity index (χ1v) is 2.65. The predicted octanol–water partition coefficient (Wildman–Crippen LogP) is 0.679. The van der Waals surface area contributed by atoms with Gasteiger partial charge in [0, 0.05) is 6.54 Å². The van der Waals surface area contributed by atoms with Gasteiger partial charge in [-0.3, -0.25) is 4.79 Å². The molecule has 0 atom stereocenters. The summed E-state index contributed by atoms with van der Waals surface area (Å²) < 4.78 is 0. The highest BCUT2D eigenvalue weighted by atomic mass is 16.1. The van der Waals surface area contributed by atoms with Crippen LogP contribution in [0.3, 0.4) is 0 Å². The van der Waals surface area contributed by atoms with Crippen LogP contribution in [0.5, 0.6) is 0 Å². The zero-order valence-corrected chi connectivity index (χ0v) is 5.26. The number of carbonyl (C=O) groups is 1. The van der Waals surface area contributed by atoms with E-state index in [1.165, 1.54) is 12.5 Å². The summed E-state index contributed by atoms with van der Waals surface area (Å²) in [5.41, 5.74) is 0. The van der Waals surface area contributed by atoms with Crippen molar-refractivity contribution >= 4 is 5.91 Å². The molecule has 0 fully saturated rings. The fourth-order valence-corrected chi connectivity index (χ4v) is 0.339. The number of nitrogens with one attached hydrogen (secondary N) is 1. The quantitative estimate of drug-likeness (QED) is 0.548. The molecule has 0 heterocycles. The molecule has 1 radical (unpaired) electrons. The number of carbonyl (C=O) groups excluding carboxylic acids is 1. The lowest BCUT2D eigenvalue weighted by molar-refractivity contribution is -0.117. The normalized spacial score (nSPS) is 8.00. The van der Waals surface area contributed by atoms with E-state index in [1.807, 2.05) is 0 Å². The standard InChI is InChI=1S/C7H10NO/c1-3-5-7(9)8-6-4-2/h3-5H,1-2,6H2,(H,8,9). The number of rotatable bonds is 4. The first kappa shape index (κ1) is 7.95. The zero-order valence-electron chi connectivity index (χ0n) is 5.26. The van der Waals surface area contributed by atoms with Crippen LogP contribution >= 0.6 is 0 Å². The van der Waals surface area contributed by atoms with Crippen LogP contribution in [-0.2, 0) is 4.79 Å². The summed E-state index contributed by atoms with van der Waals surface area (Å²) in [6.07, 6.45) is 4.43. The lowest BCUT2D eigenvalue weighted by Crippen LogP contribution is -2.22. The van der Waals surface area contributed by atoms with E-state index in [1.54, 1.807) is 6.08 Å². The Balaban J connectivity index is 3.26. The topological polar surface area (TPSA) is 29.1 Å². The molecular weight excluding hydrogens is 114 g/mol. The fraction of sp³-hybridized carbons (Fsp3) is 0.143. The van der Waals surface area contributed by atoms with E-state index in [4.69, 9.17) is 0 Å². The Morgan fingerprint density at radius 1 is 1.56 bits per heavy atom. The first-order valence-electron chi connectivity index (χ1n) is 2.65. The minimum atomic E-state index is -0.134. The van der Waals surface area contributed by atoms with Crippen LogP contribution in [0, 0.1) is 6.42 Å². The Morgan fingerprint density at radius 2 is 2.22 bits per heavy atom. The number of hydrogen-bond donors (Lipinski definition) is 1. The third-order valence-corrected chi connectivity index (χ3v) is 0.690. The molecule has 0 saturated carbocycles. The zero-order chi connectivity index (χ0) is 7.11. The maximum atomic E-state index is 10.5. The molecule has 9 heavy (non-hydrogen) atoms. The van der Waals surface area contributed by atoms with Gasteiger partial charge in [0.05, 0.1) is 6.42 Å². The average Bonchev–Trinajstić information content (AvgIpc) is 1.85. The van der Waals surface area contributed by atoms with Crippen molar-refractivity contribution in [3.05, 3.63) is 31.7 Å². The first-order chi connectivity index (χ1) is 4.31. The van der Waals surface area contributed by atoms with Gasteiger partial charge in [-0.1, -0.05) is 12.2 Å². The number of amides is 1. The Morgan fingerprint density at radius 3 is 2.67 bits per heavy atom. The van der Waals surface area contributed by atoms with Crippen molar-refractivity contribution in [3.63, 3.8) is 0 Å². The predicted molar refractivity (Wildman–Crippen MR) is 37.7 cm³/mol. The maximum absolute atomic E-state index is 10.5. The molecule has 0 rings (SSSR count). The van der Waals surface area contributed by atoms with Crippen molar-refractivity contribution in [3.8, 4) is 0 Å². The summed E-state index contributed by atoms with van der Waals surface area (Å²) >= 11 is 0. The van der Waals surface area contributed by atoms with Crippen molar-refractivity contribution in [1.29, 1.82) is 0 Å². The van der Waals surface area contributed by atoms with E-state index in [-0.39, 0.29) is 5.91 Å². The molecule has 0 aromatic rings. The summed E-state index contributed by atoms with van der Waals surface area (Å²) in [4.78, 5) is 10.5. The molecule has 0 aromatic carbocycles. The molecule has 0 spiro atoms. The monoisotopic (exact) mass is 124 g/mol. The van der Waals surface area contributed by atoms with Crippen LogP contribution in [0.25, 0.3) is 0 Å². The van der Waals surface area contributed by atoms with Crippen LogP contribution in [0.4, 0.5) is 0 Å². The molecule has 0 unspecified atom stereocenters. The van der Waals surface area contributed by atoms with Gasteiger partial charge in [0.15, 0.2) is 0 Å². The van der Waals surface area contributed by atoms with Crippen LogP contribution < -0.4 is 5.32 Å². The van der Waals surface area contributed by atoms with Crippen LogP contribution in [-0.4, -0.2) is 12.5 Å². The van der Waals surface area contributed by atoms with Crippen LogP contribution in [0.1, 0.15) is 0 Å². The third kappa shape index (κ3) is 4.81. The minimum Gasteiger partial charge on any atom is -0.352 e. The van der Waals surface area contributed by atoms with Gasteiger partial charge in [-0.05, 0) is 0 Å². The van der Waals surface area contributed by atoms with Gasteiger partial charge in [0.25, 0.3) is 0 Å². The van der Waals surface area contributed by atoms with Gasteiger partial charge in [0.1, 0.15) is 0 Å². The molecule has 49 valence electrons. The summed E-state index contributed by atoms with van der Waals surface area (Å²) in [6, 6.07) is 0. The van der Waals surface area contributed by atoms with E-state index < -0.39 is 0 Å². The van der Waals surface area contributed by atoms with Gasteiger partial charge in [-0.25, -0.2) is 0 Å². The van der Waals surface area contributed by atoms with Crippen molar-refractivity contribution in [1.82, 2.24) is 5.32 Å². The Bertz CT molecular complexity index is 118. The van der Waals surface area contributed by atoms with Gasteiger partial charge in [0.2, 0.25) is 5.91 Å². The fourth-order valence-electron chi connectivity index (χ4n) is 0.339. The highest BCUT2D eigenvalue weighted by Gasteiger charge is 1.92. The SMILES string of the molecule is C=C[CH]C(=O)NCC=C. The van der Waals surface area contributed by atoms with E-state index in [0.29, 0.717) is 6.54 Å². The van der Waals surface area contributed by atoms with Crippen LogP contribution in [0.15, 0.2) is 25.3 Å². The number of hydrogen-bond acceptors (Lipinski definition) is 1. The molecule has 0 bridgehead atoms. The minimum absolute atomic E-state index is 0.134. The molecule has 2 nitrogen and oxygen atoms in total. The van der Waals surface area contributed by atoms with Crippen molar-refractivity contribution in [2.75, 3.05) is 6.54 Å². The Labute approximate surface area is 55.3 Å². The molecule has 0 aromatic heterocycles. The molecule has 2 heteroatoms. The van der Waals surface area contributed by atoms with Gasteiger partial charge < -0.3 is 5.32 Å². The van der Waals surface area contributed by atoms with E-state index in [0.717, 1.165) is 0 Å². The van der Waals surface area contributed by atoms with E-state index in [2.05, 4.69) is 18.5 Å². The molecule has 0 aliphatic carbocycles. The van der Waals surface area contributed by atoms with Crippen molar-refractivity contribution < 1.29 is 4.79 Å². The summed E-state index contributed by atoms with van der Waals surface area (Å²) in [5.74, 6) is -0.134. The highest BCUT2D eigenvalue weighted by molar-refractivity contribution is 5.86. The summed E-state index contributed by atoms with van der Waals surface area (Å²) in [7, 11) is 0. The molecule has 0 aliphatic heterocycles. The van der Waals surface area contributed by atoms with Gasteiger partial charge in [-0.15, -0.1) is 13.2 Å². The largest absolute Gasteiger partial charge is 0.352 e. The second-order valence-electron chi connectivity index (χ2n) is 1.44. The Kier molecular flexibility index (Phi) is 4.50. The molecule has 0 aliphatic rings. The second kappa shape index (κ2) is 5.09. The third-order valence-electron chi connectivity index (χ3n) is 0.690. The van der Waals surface area contributed by atoms with Gasteiger partial charge >= 0.3 is 0 Å². The van der Waals surface area contributed by atoms with E-state index >= 15 is 0 Å². The van der Waals surface area contributed by atoms with Crippen molar-refractivity contribution in [2.45, 2.75) is 0 Å².